The average molecular weight is 199 g/mol. The summed E-state index contributed by atoms with van der Waals surface area (Å²) in [5.74, 6) is -0.800. The maximum Gasteiger partial charge on any atom is 0.307 e. The number of rotatable bonds is 2. The van der Waals surface area contributed by atoms with Crippen LogP contribution in [0.1, 0.15) is 31.2 Å². The smallest absolute Gasteiger partial charge is 0.307 e. The third-order valence-electron chi connectivity index (χ3n) is 1.67. The predicted octanol–water partition coefficient (Wildman–Crippen LogP) is 2.07. The van der Waals surface area contributed by atoms with E-state index < -0.39 is 5.97 Å². The van der Waals surface area contributed by atoms with Gasteiger partial charge in [-0.25, -0.2) is 4.37 Å². The van der Waals surface area contributed by atoms with Gasteiger partial charge in [-0.15, -0.1) is 0 Å². The van der Waals surface area contributed by atoms with Crippen molar-refractivity contribution in [3.63, 3.8) is 0 Å². The van der Waals surface area contributed by atoms with Crippen LogP contribution in [-0.2, 0) is 16.6 Å². The Balaban J connectivity index is 2.96. The number of nitrogens with zero attached hydrogens (tertiary/aromatic N) is 1. The van der Waals surface area contributed by atoms with E-state index in [-0.39, 0.29) is 11.8 Å². The molecule has 1 heterocycles. The summed E-state index contributed by atoms with van der Waals surface area (Å²) in [5, 5.41) is 8.65. The van der Waals surface area contributed by atoms with Crippen LogP contribution in [0.5, 0.6) is 0 Å². The first-order valence-electron chi connectivity index (χ1n) is 4.07. The van der Waals surface area contributed by atoms with Crippen molar-refractivity contribution in [2.24, 2.45) is 0 Å². The second-order valence-electron chi connectivity index (χ2n) is 4.00. The third-order valence-corrected chi connectivity index (χ3v) is 2.94. The van der Waals surface area contributed by atoms with Gasteiger partial charge in [0.2, 0.25) is 0 Å². The van der Waals surface area contributed by atoms with Gasteiger partial charge in [0.05, 0.1) is 6.42 Å². The molecule has 0 aliphatic rings. The first kappa shape index (κ1) is 10.2. The minimum Gasteiger partial charge on any atom is -0.481 e. The number of aliphatic carboxylic acids is 1. The summed E-state index contributed by atoms with van der Waals surface area (Å²) in [6.07, 6.45) is 1.72. The van der Waals surface area contributed by atoms with Crippen LogP contribution >= 0.6 is 11.5 Å². The molecule has 3 nitrogen and oxygen atoms in total. The topological polar surface area (TPSA) is 50.2 Å². The largest absolute Gasteiger partial charge is 0.481 e. The van der Waals surface area contributed by atoms with Crippen molar-refractivity contribution in [2.45, 2.75) is 32.6 Å². The average Bonchev–Trinajstić information content (AvgIpc) is 2.31. The Bertz CT molecular complexity index is 312. The van der Waals surface area contributed by atoms with Crippen LogP contribution in [-0.4, -0.2) is 15.4 Å². The molecule has 1 aromatic rings. The maximum absolute atomic E-state index is 10.5. The van der Waals surface area contributed by atoms with E-state index in [1.807, 2.05) is 0 Å². The fraction of sp³-hybridized carbons (Fsp3) is 0.556. The molecule has 0 aromatic carbocycles. The first-order valence-corrected chi connectivity index (χ1v) is 4.84. The van der Waals surface area contributed by atoms with Crippen LogP contribution in [0.4, 0.5) is 0 Å². The summed E-state index contributed by atoms with van der Waals surface area (Å²) in [6, 6.07) is 0. The number of aromatic nitrogens is 1. The van der Waals surface area contributed by atoms with Gasteiger partial charge in [0.15, 0.2) is 0 Å². The number of hydrogen-bond acceptors (Lipinski definition) is 3. The molecule has 0 atom stereocenters. The first-order chi connectivity index (χ1) is 5.91. The van der Waals surface area contributed by atoms with E-state index in [1.165, 1.54) is 11.5 Å². The Labute approximate surface area is 81.6 Å². The standard InChI is InChI=1S/C9H13NO2S/c1-9(2,3)8-6(4-7(11)12)5-10-13-8/h5H,4H2,1-3H3,(H,11,12). The zero-order valence-electron chi connectivity index (χ0n) is 8.00. The van der Waals surface area contributed by atoms with Crippen molar-refractivity contribution in [1.29, 1.82) is 0 Å². The molecule has 0 spiro atoms. The predicted molar refractivity (Wildman–Crippen MR) is 52.2 cm³/mol. The normalized spacial score (nSPS) is 11.6. The van der Waals surface area contributed by atoms with Gasteiger partial charge in [-0.2, -0.15) is 0 Å². The zero-order chi connectivity index (χ0) is 10.1. The summed E-state index contributed by atoms with van der Waals surface area (Å²) in [5.41, 5.74) is 0.830. The van der Waals surface area contributed by atoms with Crippen LogP contribution in [0.2, 0.25) is 0 Å². The van der Waals surface area contributed by atoms with E-state index >= 15 is 0 Å². The van der Waals surface area contributed by atoms with Crippen LogP contribution in [0.25, 0.3) is 0 Å². The molecule has 0 saturated carbocycles. The van der Waals surface area contributed by atoms with Crippen LogP contribution in [0.15, 0.2) is 6.20 Å². The SMILES string of the molecule is CC(C)(C)c1sncc1CC(=O)O. The molecule has 4 heteroatoms. The molecule has 1 aromatic heterocycles. The highest BCUT2D eigenvalue weighted by atomic mass is 32.1. The number of carboxylic acids is 1. The lowest BCUT2D eigenvalue weighted by atomic mass is 9.91. The van der Waals surface area contributed by atoms with E-state index in [0.717, 1.165) is 10.4 Å². The van der Waals surface area contributed by atoms with Crippen molar-refractivity contribution in [1.82, 2.24) is 4.37 Å². The molecular weight excluding hydrogens is 186 g/mol. The lowest BCUT2D eigenvalue weighted by molar-refractivity contribution is -0.136. The third kappa shape index (κ3) is 2.52. The van der Waals surface area contributed by atoms with Gasteiger partial charge in [-0.1, -0.05) is 20.8 Å². The van der Waals surface area contributed by atoms with Crippen molar-refractivity contribution >= 4 is 17.5 Å². The van der Waals surface area contributed by atoms with Crippen molar-refractivity contribution < 1.29 is 9.90 Å². The molecule has 0 unspecified atom stereocenters. The minimum atomic E-state index is -0.800. The molecule has 0 amide bonds. The van der Waals surface area contributed by atoms with Crippen molar-refractivity contribution in [3.8, 4) is 0 Å². The van der Waals surface area contributed by atoms with E-state index in [1.54, 1.807) is 6.20 Å². The Morgan fingerprint density at radius 3 is 2.69 bits per heavy atom. The van der Waals surface area contributed by atoms with Crippen molar-refractivity contribution in [2.75, 3.05) is 0 Å². The summed E-state index contributed by atoms with van der Waals surface area (Å²) < 4.78 is 4.02. The molecule has 0 bridgehead atoms. The van der Waals surface area contributed by atoms with E-state index in [0.29, 0.717) is 0 Å². The zero-order valence-corrected chi connectivity index (χ0v) is 8.81. The Hall–Kier alpha value is -0.900. The van der Waals surface area contributed by atoms with Gasteiger partial charge in [0.25, 0.3) is 0 Å². The number of carbonyl (C=O) groups is 1. The van der Waals surface area contributed by atoms with Gasteiger partial charge in [0, 0.05) is 11.1 Å². The lowest BCUT2D eigenvalue weighted by Gasteiger charge is -2.17. The fourth-order valence-electron chi connectivity index (χ4n) is 1.17. The number of hydrogen-bond donors (Lipinski definition) is 1. The second kappa shape index (κ2) is 3.46. The Morgan fingerprint density at radius 1 is 1.62 bits per heavy atom. The van der Waals surface area contributed by atoms with Gasteiger partial charge >= 0.3 is 5.97 Å². The molecule has 0 aliphatic carbocycles. The van der Waals surface area contributed by atoms with E-state index in [9.17, 15) is 4.79 Å². The second-order valence-corrected chi connectivity index (χ2v) is 4.80. The molecule has 72 valence electrons. The lowest BCUT2D eigenvalue weighted by Crippen LogP contribution is -2.13. The van der Waals surface area contributed by atoms with E-state index in [4.69, 9.17) is 5.11 Å². The van der Waals surface area contributed by atoms with E-state index in [2.05, 4.69) is 25.1 Å². The molecular formula is C9H13NO2S. The molecule has 0 fully saturated rings. The monoisotopic (exact) mass is 199 g/mol. The van der Waals surface area contributed by atoms with Crippen LogP contribution in [0.3, 0.4) is 0 Å². The van der Waals surface area contributed by atoms with Crippen LogP contribution < -0.4 is 0 Å². The van der Waals surface area contributed by atoms with Crippen molar-refractivity contribution in [3.05, 3.63) is 16.6 Å². The summed E-state index contributed by atoms with van der Waals surface area (Å²) >= 11 is 1.39. The highest BCUT2D eigenvalue weighted by Crippen LogP contribution is 2.29. The molecule has 13 heavy (non-hydrogen) atoms. The van der Waals surface area contributed by atoms with Gasteiger partial charge in [0.1, 0.15) is 0 Å². The Kier molecular flexibility index (Phi) is 2.71. The summed E-state index contributed by atoms with van der Waals surface area (Å²) in [7, 11) is 0. The van der Waals surface area contributed by atoms with Gasteiger partial charge in [-0.05, 0) is 22.5 Å². The minimum absolute atomic E-state index is 0.00799. The van der Waals surface area contributed by atoms with Crippen LogP contribution in [0, 0.1) is 0 Å². The van der Waals surface area contributed by atoms with Gasteiger partial charge < -0.3 is 5.11 Å². The quantitative estimate of drug-likeness (QED) is 0.793. The van der Waals surface area contributed by atoms with Gasteiger partial charge in [-0.3, -0.25) is 4.79 Å². The molecule has 0 saturated heterocycles. The highest BCUT2D eigenvalue weighted by Gasteiger charge is 2.21. The molecule has 1 N–H and O–H groups in total. The Morgan fingerprint density at radius 2 is 2.23 bits per heavy atom. The fourth-order valence-corrected chi connectivity index (χ4v) is 1.97. The summed E-state index contributed by atoms with van der Waals surface area (Å²) in [6.45, 7) is 6.18. The highest BCUT2D eigenvalue weighted by molar-refractivity contribution is 7.06. The molecule has 0 radical (unpaired) electrons. The molecule has 0 aliphatic heterocycles. The number of carboxylic acid groups (broad SMARTS) is 1. The maximum atomic E-state index is 10.5. The molecule has 1 rings (SSSR count). The summed E-state index contributed by atoms with van der Waals surface area (Å²) in [4.78, 5) is 11.6.